The van der Waals surface area contributed by atoms with Gasteiger partial charge in [-0.1, -0.05) is 0 Å². The number of nitrogens with two attached hydrogens (primary N) is 1. The standard InChI is InChI=1S/C16H18BrN3O/c17-9-5-13-14(18)3-4-15(16(13)19-8-9)20-10-1-2-11(20)7-12(21)6-10/h3-5,8,10-12,21H,1-2,6-7,18H2. The van der Waals surface area contributed by atoms with Gasteiger partial charge in [0.1, 0.15) is 0 Å². The first-order chi connectivity index (χ1) is 10.1. The van der Waals surface area contributed by atoms with Crippen LogP contribution in [0.2, 0.25) is 0 Å². The number of halogens is 1. The molecule has 0 radical (unpaired) electrons. The van der Waals surface area contributed by atoms with E-state index in [9.17, 15) is 5.11 Å². The number of hydrogen-bond acceptors (Lipinski definition) is 4. The maximum absolute atomic E-state index is 9.98. The molecule has 2 aliphatic heterocycles. The molecule has 2 atom stereocenters. The van der Waals surface area contributed by atoms with Gasteiger partial charge in [-0.3, -0.25) is 4.98 Å². The van der Waals surface area contributed by atoms with Crippen LogP contribution in [0, 0.1) is 0 Å². The summed E-state index contributed by atoms with van der Waals surface area (Å²) in [6, 6.07) is 6.94. The maximum Gasteiger partial charge on any atom is 0.0957 e. The number of pyridine rings is 1. The normalized spacial score (nSPS) is 28.3. The highest BCUT2D eigenvalue weighted by Crippen LogP contribution is 2.42. The molecule has 2 bridgehead atoms. The molecule has 1 aromatic carbocycles. The van der Waals surface area contributed by atoms with Gasteiger partial charge in [-0.05, 0) is 59.8 Å². The Morgan fingerprint density at radius 2 is 1.95 bits per heavy atom. The number of aromatic nitrogens is 1. The first kappa shape index (κ1) is 13.3. The minimum atomic E-state index is -0.152. The molecular weight excluding hydrogens is 330 g/mol. The Morgan fingerprint density at radius 3 is 2.67 bits per heavy atom. The average Bonchev–Trinajstić information content (AvgIpc) is 2.72. The first-order valence-electron chi connectivity index (χ1n) is 7.43. The summed E-state index contributed by atoms with van der Waals surface area (Å²) in [5.74, 6) is 0. The molecule has 2 saturated heterocycles. The lowest BCUT2D eigenvalue weighted by Gasteiger charge is -2.39. The van der Waals surface area contributed by atoms with Gasteiger partial charge in [0.25, 0.3) is 0 Å². The van der Waals surface area contributed by atoms with Crippen molar-refractivity contribution in [2.45, 2.75) is 43.9 Å². The number of aliphatic hydroxyl groups excluding tert-OH is 1. The number of nitrogens with zero attached hydrogens (tertiary/aromatic N) is 2. The SMILES string of the molecule is Nc1ccc(N2C3CCC2CC(O)C3)c2ncc(Br)cc12. The zero-order valence-electron chi connectivity index (χ0n) is 11.7. The highest BCUT2D eigenvalue weighted by Gasteiger charge is 2.40. The molecule has 2 aliphatic rings. The summed E-state index contributed by atoms with van der Waals surface area (Å²) >= 11 is 3.47. The van der Waals surface area contributed by atoms with Crippen LogP contribution in [0.5, 0.6) is 0 Å². The zero-order chi connectivity index (χ0) is 14.6. The molecule has 3 heterocycles. The number of fused-ring (bicyclic) bond motifs is 3. The third kappa shape index (κ3) is 2.10. The lowest BCUT2D eigenvalue weighted by molar-refractivity contribution is 0.126. The van der Waals surface area contributed by atoms with Crippen molar-refractivity contribution in [2.24, 2.45) is 0 Å². The Hall–Kier alpha value is -1.33. The molecule has 3 N–H and O–H groups in total. The van der Waals surface area contributed by atoms with Crippen LogP contribution < -0.4 is 10.6 Å². The van der Waals surface area contributed by atoms with E-state index in [2.05, 4.69) is 31.9 Å². The minimum absolute atomic E-state index is 0.152. The van der Waals surface area contributed by atoms with Gasteiger partial charge >= 0.3 is 0 Å². The molecule has 0 aliphatic carbocycles. The molecule has 0 saturated carbocycles. The van der Waals surface area contributed by atoms with Crippen LogP contribution in [0.4, 0.5) is 11.4 Å². The highest BCUT2D eigenvalue weighted by atomic mass is 79.9. The molecule has 0 amide bonds. The summed E-state index contributed by atoms with van der Waals surface area (Å²) in [4.78, 5) is 7.07. The summed E-state index contributed by atoms with van der Waals surface area (Å²) in [7, 11) is 0. The summed E-state index contributed by atoms with van der Waals surface area (Å²) in [6.07, 6.45) is 5.71. The third-order valence-corrected chi connectivity index (χ3v) is 5.25. The van der Waals surface area contributed by atoms with Crippen molar-refractivity contribution in [1.82, 2.24) is 4.98 Å². The fraction of sp³-hybridized carbons (Fsp3) is 0.438. The zero-order valence-corrected chi connectivity index (χ0v) is 13.3. The van der Waals surface area contributed by atoms with Crippen LogP contribution in [-0.4, -0.2) is 28.3 Å². The Morgan fingerprint density at radius 1 is 1.24 bits per heavy atom. The van der Waals surface area contributed by atoms with Gasteiger partial charge in [0, 0.05) is 33.8 Å². The van der Waals surface area contributed by atoms with E-state index in [0.717, 1.165) is 52.4 Å². The van der Waals surface area contributed by atoms with Gasteiger partial charge in [0.2, 0.25) is 0 Å². The Labute approximate surface area is 132 Å². The summed E-state index contributed by atoms with van der Waals surface area (Å²) in [5.41, 5.74) is 8.99. The second-order valence-corrected chi connectivity index (χ2v) is 7.06. The predicted octanol–water partition coefficient (Wildman–Crippen LogP) is 3.07. The van der Waals surface area contributed by atoms with Gasteiger partial charge in [-0.2, -0.15) is 0 Å². The Bertz CT molecular complexity index is 691. The van der Waals surface area contributed by atoms with Gasteiger partial charge in [-0.25, -0.2) is 0 Å². The average molecular weight is 348 g/mol. The molecule has 4 nitrogen and oxygen atoms in total. The molecule has 0 spiro atoms. The van der Waals surface area contributed by atoms with Crippen molar-refractivity contribution in [3.63, 3.8) is 0 Å². The Balaban J connectivity index is 1.86. The fourth-order valence-electron chi connectivity index (χ4n) is 3.95. The fourth-order valence-corrected chi connectivity index (χ4v) is 4.28. The molecule has 4 rings (SSSR count). The number of benzene rings is 1. The van der Waals surface area contributed by atoms with Crippen molar-refractivity contribution < 1.29 is 5.11 Å². The molecule has 110 valence electrons. The van der Waals surface area contributed by atoms with Crippen LogP contribution in [-0.2, 0) is 0 Å². The van der Waals surface area contributed by atoms with Crippen LogP contribution in [0.25, 0.3) is 10.9 Å². The maximum atomic E-state index is 9.98. The molecule has 1 aromatic heterocycles. The number of nitrogen functional groups attached to an aromatic ring is 1. The van der Waals surface area contributed by atoms with Gasteiger partial charge < -0.3 is 15.7 Å². The van der Waals surface area contributed by atoms with Gasteiger partial charge in [-0.15, -0.1) is 0 Å². The van der Waals surface area contributed by atoms with Gasteiger partial charge in [0.15, 0.2) is 0 Å². The van der Waals surface area contributed by atoms with Crippen LogP contribution in [0.3, 0.4) is 0 Å². The smallest absolute Gasteiger partial charge is 0.0957 e. The molecular formula is C16H18BrN3O. The van der Waals surface area contributed by atoms with Crippen molar-refractivity contribution in [3.8, 4) is 0 Å². The van der Waals surface area contributed by atoms with Gasteiger partial charge in [0.05, 0.1) is 17.3 Å². The van der Waals surface area contributed by atoms with E-state index in [-0.39, 0.29) is 6.10 Å². The van der Waals surface area contributed by atoms with E-state index < -0.39 is 0 Å². The molecule has 21 heavy (non-hydrogen) atoms. The molecule has 2 fully saturated rings. The lowest BCUT2D eigenvalue weighted by atomic mass is 9.98. The topological polar surface area (TPSA) is 62.4 Å². The number of hydrogen-bond donors (Lipinski definition) is 2. The number of aliphatic hydroxyl groups is 1. The van der Waals surface area contributed by atoms with E-state index in [0.29, 0.717) is 12.1 Å². The molecule has 2 aromatic rings. The van der Waals surface area contributed by atoms with E-state index in [1.165, 1.54) is 0 Å². The van der Waals surface area contributed by atoms with Crippen molar-refractivity contribution in [3.05, 3.63) is 28.9 Å². The highest BCUT2D eigenvalue weighted by molar-refractivity contribution is 9.10. The van der Waals surface area contributed by atoms with Crippen molar-refractivity contribution >= 4 is 38.2 Å². The number of piperidine rings is 1. The van der Waals surface area contributed by atoms with Crippen LogP contribution >= 0.6 is 15.9 Å². The summed E-state index contributed by atoms with van der Waals surface area (Å²) in [6.45, 7) is 0. The quantitative estimate of drug-likeness (QED) is 0.778. The van der Waals surface area contributed by atoms with E-state index in [1.807, 2.05) is 18.3 Å². The second-order valence-electron chi connectivity index (χ2n) is 6.14. The molecule has 5 heteroatoms. The van der Waals surface area contributed by atoms with E-state index in [4.69, 9.17) is 5.73 Å². The largest absolute Gasteiger partial charge is 0.398 e. The van der Waals surface area contributed by atoms with Crippen LogP contribution in [0.15, 0.2) is 28.9 Å². The van der Waals surface area contributed by atoms with E-state index in [1.54, 1.807) is 0 Å². The van der Waals surface area contributed by atoms with Crippen LogP contribution in [0.1, 0.15) is 25.7 Å². The third-order valence-electron chi connectivity index (χ3n) is 4.82. The van der Waals surface area contributed by atoms with E-state index >= 15 is 0 Å². The van der Waals surface area contributed by atoms with Crippen molar-refractivity contribution in [1.29, 1.82) is 0 Å². The minimum Gasteiger partial charge on any atom is -0.398 e. The number of anilines is 2. The summed E-state index contributed by atoms with van der Waals surface area (Å²) < 4.78 is 0.941. The molecule has 2 unspecified atom stereocenters. The Kier molecular flexibility index (Phi) is 3.08. The second kappa shape index (κ2) is 4.85. The number of rotatable bonds is 1. The van der Waals surface area contributed by atoms with Crippen molar-refractivity contribution in [2.75, 3.05) is 10.6 Å². The first-order valence-corrected chi connectivity index (χ1v) is 8.23. The predicted molar refractivity (Wildman–Crippen MR) is 88.4 cm³/mol. The monoisotopic (exact) mass is 347 g/mol. The lowest BCUT2D eigenvalue weighted by Crippen LogP contribution is -2.44. The summed E-state index contributed by atoms with van der Waals surface area (Å²) in [5, 5.41) is 11.0.